The first-order valence-corrected chi connectivity index (χ1v) is 11.2. The molecule has 1 aliphatic rings. The molecule has 1 aliphatic heterocycles. The van der Waals surface area contributed by atoms with Gasteiger partial charge in [0.1, 0.15) is 0 Å². The molecule has 0 aromatic heterocycles. The fourth-order valence-electron chi connectivity index (χ4n) is 2.59. The van der Waals surface area contributed by atoms with E-state index < -0.39 is 0 Å². The fourth-order valence-corrected chi connectivity index (χ4v) is 4.46. The van der Waals surface area contributed by atoms with Crippen LogP contribution in [0.2, 0.25) is 10.0 Å². The summed E-state index contributed by atoms with van der Waals surface area (Å²) in [5.74, 6) is 5.43. The number of amides is 1. The van der Waals surface area contributed by atoms with Crippen LogP contribution in [0.5, 0.6) is 0 Å². The minimum Gasteiger partial charge on any atom is -0.374 e. The van der Waals surface area contributed by atoms with Crippen LogP contribution in [-0.2, 0) is 16.1 Å². The van der Waals surface area contributed by atoms with Crippen LogP contribution in [-0.4, -0.2) is 53.9 Å². The molecule has 1 aromatic carbocycles. The van der Waals surface area contributed by atoms with Gasteiger partial charge in [-0.2, -0.15) is 5.10 Å². The summed E-state index contributed by atoms with van der Waals surface area (Å²) in [7, 11) is 0. The third kappa shape index (κ3) is 8.23. The largest absolute Gasteiger partial charge is 0.374 e. The molecule has 28 heavy (non-hydrogen) atoms. The van der Waals surface area contributed by atoms with Gasteiger partial charge in [-0.15, -0.1) is 11.8 Å². The first kappa shape index (κ1) is 23.4. The molecule has 1 fully saturated rings. The molecule has 6 nitrogen and oxygen atoms in total. The van der Waals surface area contributed by atoms with Gasteiger partial charge >= 0.3 is 0 Å². The molecular formula is C18H24Cl2N4O2S2. The van der Waals surface area contributed by atoms with Crippen molar-refractivity contribution in [2.24, 2.45) is 10.9 Å². The number of hydrogen-bond acceptors (Lipinski definition) is 7. The molecule has 10 heteroatoms. The van der Waals surface area contributed by atoms with Crippen molar-refractivity contribution in [3.63, 3.8) is 0 Å². The molecule has 0 bridgehead atoms. The second-order valence-electron chi connectivity index (χ2n) is 6.19. The Bertz CT molecular complexity index is 734. The lowest BCUT2D eigenvalue weighted by molar-refractivity contribution is -0.119. The van der Waals surface area contributed by atoms with Gasteiger partial charge in [-0.05, 0) is 24.6 Å². The standard InChI is InChI=1S/C18H24Cl2N4O2S2/c1-12(23-21)28-13(2)27-11-18(25)22-8-15-10-24(5-6-26-15)9-14-3-4-16(19)17(20)7-14/h3-4,7,15H,2,5-6,8-11,21H2,1H3,(H,22,25)/b23-12-/t15-/m0/s1. The van der Waals surface area contributed by atoms with E-state index in [2.05, 4.69) is 21.9 Å². The molecule has 1 aromatic rings. The summed E-state index contributed by atoms with van der Waals surface area (Å²) < 4.78 is 6.55. The Labute approximate surface area is 184 Å². The van der Waals surface area contributed by atoms with Crippen molar-refractivity contribution in [2.45, 2.75) is 19.6 Å². The van der Waals surface area contributed by atoms with E-state index in [9.17, 15) is 4.79 Å². The highest BCUT2D eigenvalue weighted by molar-refractivity contribution is 8.29. The van der Waals surface area contributed by atoms with Crippen molar-refractivity contribution >= 4 is 57.7 Å². The fraction of sp³-hybridized carbons (Fsp3) is 0.444. The molecule has 3 N–H and O–H groups in total. The predicted octanol–water partition coefficient (Wildman–Crippen LogP) is 3.54. The summed E-state index contributed by atoms with van der Waals surface area (Å²) in [4.78, 5) is 14.3. The van der Waals surface area contributed by atoms with Gasteiger partial charge < -0.3 is 15.9 Å². The number of ether oxygens (including phenoxy) is 1. The van der Waals surface area contributed by atoms with Crippen LogP contribution in [0.25, 0.3) is 0 Å². The third-order valence-corrected chi connectivity index (χ3v) is 6.65. The van der Waals surface area contributed by atoms with Crippen LogP contribution in [0.4, 0.5) is 0 Å². The van der Waals surface area contributed by atoms with Crippen LogP contribution < -0.4 is 11.2 Å². The maximum absolute atomic E-state index is 12.1. The maximum atomic E-state index is 12.1. The third-order valence-electron chi connectivity index (χ3n) is 3.95. The van der Waals surface area contributed by atoms with E-state index in [1.54, 1.807) is 6.92 Å². The lowest BCUT2D eigenvalue weighted by Gasteiger charge is -2.33. The number of nitrogens with one attached hydrogen (secondary N) is 1. The minimum atomic E-state index is -0.0562. The SMILES string of the molecule is C=C(SCC(=O)NC[C@H]1CN(Cc2ccc(Cl)c(Cl)c2)CCO1)S/C(C)=N\N. The Morgan fingerprint density at radius 1 is 1.46 bits per heavy atom. The summed E-state index contributed by atoms with van der Waals surface area (Å²) >= 11 is 14.8. The first-order chi connectivity index (χ1) is 13.4. The quantitative estimate of drug-likeness (QED) is 0.266. The summed E-state index contributed by atoms with van der Waals surface area (Å²) in [6, 6.07) is 5.66. The van der Waals surface area contributed by atoms with Crippen LogP contribution in [0.15, 0.2) is 34.1 Å². The molecule has 0 spiro atoms. The maximum Gasteiger partial charge on any atom is 0.230 e. The smallest absolute Gasteiger partial charge is 0.230 e. The normalized spacial score (nSPS) is 18.1. The Hall–Kier alpha value is -0.900. The number of thioether (sulfide) groups is 2. The van der Waals surface area contributed by atoms with E-state index in [1.807, 2.05) is 18.2 Å². The molecule has 0 radical (unpaired) electrons. The average Bonchev–Trinajstić information content (AvgIpc) is 2.68. The van der Waals surface area contributed by atoms with Gasteiger partial charge in [0.15, 0.2) is 0 Å². The van der Waals surface area contributed by atoms with E-state index in [-0.39, 0.29) is 12.0 Å². The summed E-state index contributed by atoms with van der Waals surface area (Å²) in [6.07, 6.45) is -0.0466. The number of morpholine rings is 1. The molecule has 0 saturated carbocycles. The Morgan fingerprint density at radius 2 is 2.25 bits per heavy atom. The van der Waals surface area contributed by atoms with Crippen LogP contribution in [0.3, 0.4) is 0 Å². The molecule has 1 atom stereocenters. The second kappa shape index (κ2) is 11.9. The molecule has 1 saturated heterocycles. The Morgan fingerprint density at radius 3 is 2.96 bits per heavy atom. The highest BCUT2D eigenvalue weighted by Crippen LogP contribution is 2.27. The molecule has 1 heterocycles. The number of hydrogen-bond donors (Lipinski definition) is 2. The van der Waals surface area contributed by atoms with Gasteiger partial charge in [-0.1, -0.05) is 47.6 Å². The van der Waals surface area contributed by atoms with Crippen molar-refractivity contribution < 1.29 is 9.53 Å². The van der Waals surface area contributed by atoms with Crippen molar-refractivity contribution in [1.29, 1.82) is 0 Å². The van der Waals surface area contributed by atoms with Gasteiger partial charge in [0.2, 0.25) is 5.91 Å². The van der Waals surface area contributed by atoms with Crippen LogP contribution >= 0.6 is 46.7 Å². The highest BCUT2D eigenvalue weighted by atomic mass is 35.5. The zero-order valence-corrected chi connectivity index (χ0v) is 18.8. The van der Waals surface area contributed by atoms with Gasteiger partial charge in [0.25, 0.3) is 0 Å². The number of rotatable bonds is 8. The number of carbonyl (C=O) groups is 1. The van der Waals surface area contributed by atoms with E-state index in [0.717, 1.165) is 29.4 Å². The lowest BCUT2D eigenvalue weighted by atomic mass is 10.2. The van der Waals surface area contributed by atoms with Gasteiger partial charge in [0, 0.05) is 30.4 Å². The number of halogens is 2. The zero-order valence-electron chi connectivity index (χ0n) is 15.6. The predicted molar refractivity (Wildman–Crippen MR) is 121 cm³/mol. The van der Waals surface area contributed by atoms with Crippen LogP contribution in [0.1, 0.15) is 12.5 Å². The lowest BCUT2D eigenvalue weighted by Crippen LogP contribution is -2.47. The summed E-state index contributed by atoms with van der Waals surface area (Å²) in [5.41, 5.74) is 1.10. The van der Waals surface area contributed by atoms with E-state index in [1.165, 1.54) is 23.5 Å². The Kier molecular flexibility index (Phi) is 9.98. The van der Waals surface area contributed by atoms with E-state index in [4.69, 9.17) is 33.8 Å². The first-order valence-electron chi connectivity index (χ1n) is 8.66. The van der Waals surface area contributed by atoms with Gasteiger partial charge in [-0.25, -0.2) is 0 Å². The number of hydrazone groups is 1. The average molecular weight is 463 g/mol. The summed E-state index contributed by atoms with van der Waals surface area (Å²) in [6.45, 7) is 9.11. The van der Waals surface area contributed by atoms with Crippen molar-refractivity contribution in [3.05, 3.63) is 44.6 Å². The monoisotopic (exact) mass is 462 g/mol. The number of nitrogens with two attached hydrogens (primary N) is 1. The van der Waals surface area contributed by atoms with E-state index in [0.29, 0.717) is 34.0 Å². The Balaban J connectivity index is 1.71. The van der Waals surface area contributed by atoms with Crippen LogP contribution in [0, 0.1) is 0 Å². The molecular weight excluding hydrogens is 439 g/mol. The molecule has 1 amide bonds. The molecule has 0 unspecified atom stereocenters. The van der Waals surface area contributed by atoms with Gasteiger partial charge in [0.05, 0.1) is 33.6 Å². The van der Waals surface area contributed by atoms with Crippen molar-refractivity contribution in [2.75, 3.05) is 32.0 Å². The zero-order chi connectivity index (χ0) is 20.5. The van der Waals surface area contributed by atoms with E-state index >= 15 is 0 Å². The number of carbonyl (C=O) groups excluding carboxylic acids is 1. The second-order valence-corrected chi connectivity index (χ2v) is 9.62. The molecule has 0 aliphatic carbocycles. The number of benzene rings is 1. The highest BCUT2D eigenvalue weighted by Gasteiger charge is 2.21. The molecule has 154 valence electrons. The van der Waals surface area contributed by atoms with Crippen molar-refractivity contribution in [3.8, 4) is 0 Å². The minimum absolute atomic E-state index is 0.0466. The summed E-state index contributed by atoms with van der Waals surface area (Å²) in [5, 5.41) is 8.30. The molecule has 2 rings (SSSR count). The number of nitrogens with zero attached hydrogens (tertiary/aromatic N) is 2. The van der Waals surface area contributed by atoms with Crippen molar-refractivity contribution in [1.82, 2.24) is 10.2 Å². The van der Waals surface area contributed by atoms with Gasteiger partial charge in [-0.3, -0.25) is 9.69 Å². The topological polar surface area (TPSA) is 80.0 Å².